The van der Waals surface area contributed by atoms with Gasteiger partial charge in [0.1, 0.15) is 11.6 Å². The van der Waals surface area contributed by atoms with Crippen LogP contribution in [0.3, 0.4) is 0 Å². The molecule has 11 heteroatoms. The maximum atomic E-state index is 12.8. The Morgan fingerprint density at radius 2 is 1.94 bits per heavy atom. The number of hydrogen-bond acceptors (Lipinski definition) is 8. The number of nitrogen functional groups attached to an aromatic ring is 1. The molecule has 4 N–H and O–H groups in total. The van der Waals surface area contributed by atoms with Crippen molar-refractivity contribution in [2.75, 3.05) is 30.5 Å². The molecule has 33 heavy (non-hydrogen) atoms. The molecule has 176 valence electrons. The lowest BCUT2D eigenvalue weighted by molar-refractivity contribution is 0.203. The summed E-state index contributed by atoms with van der Waals surface area (Å²) in [5.74, 6) is 1.89. The minimum absolute atomic E-state index is 0.0238. The lowest BCUT2D eigenvalue weighted by atomic mass is 9.89. The third kappa shape index (κ3) is 4.28. The molecule has 5 heterocycles. The largest absolute Gasteiger partial charge is 0.384 e. The van der Waals surface area contributed by atoms with E-state index >= 15 is 0 Å². The molecule has 2 aliphatic rings. The van der Waals surface area contributed by atoms with Crippen LogP contribution >= 0.6 is 0 Å². The fourth-order valence-electron chi connectivity index (χ4n) is 5.20. The van der Waals surface area contributed by atoms with Crippen molar-refractivity contribution < 1.29 is 13.2 Å². The van der Waals surface area contributed by atoms with E-state index in [2.05, 4.69) is 20.5 Å². The Hall–Kier alpha value is -2.76. The van der Waals surface area contributed by atoms with E-state index in [9.17, 15) is 8.42 Å². The molecule has 5 rings (SSSR count). The zero-order valence-electron chi connectivity index (χ0n) is 18.8. The number of aromatic nitrogens is 4. The highest BCUT2D eigenvalue weighted by Gasteiger charge is 2.46. The molecule has 3 atom stereocenters. The van der Waals surface area contributed by atoms with Crippen LogP contribution in [0.15, 0.2) is 24.3 Å². The van der Waals surface area contributed by atoms with Crippen molar-refractivity contribution in [2.24, 2.45) is 0 Å². The highest BCUT2D eigenvalue weighted by atomic mass is 32.2. The van der Waals surface area contributed by atoms with Crippen molar-refractivity contribution >= 4 is 38.4 Å². The van der Waals surface area contributed by atoms with E-state index in [-0.39, 0.29) is 30.4 Å². The van der Waals surface area contributed by atoms with Gasteiger partial charge in [0.15, 0.2) is 5.82 Å². The maximum absolute atomic E-state index is 12.8. The minimum Gasteiger partial charge on any atom is -0.384 e. The number of H-pyrrole nitrogens is 1. The van der Waals surface area contributed by atoms with Crippen LogP contribution in [0.2, 0.25) is 0 Å². The summed E-state index contributed by atoms with van der Waals surface area (Å²) in [6, 6.07) is 7.77. The van der Waals surface area contributed by atoms with Crippen molar-refractivity contribution in [3.63, 3.8) is 0 Å². The predicted molar refractivity (Wildman–Crippen MR) is 127 cm³/mol. The van der Waals surface area contributed by atoms with E-state index in [0.29, 0.717) is 17.5 Å². The number of aryl methyl sites for hydroxylation is 1. The first-order valence-electron chi connectivity index (χ1n) is 11.2. The number of nitrogens with two attached hydrogens (primary N) is 1. The molecule has 0 amide bonds. The van der Waals surface area contributed by atoms with E-state index in [1.165, 1.54) is 7.11 Å². The van der Waals surface area contributed by atoms with Gasteiger partial charge in [0.25, 0.3) is 0 Å². The number of fused-ring (bicyclic) bond motifs is 3. The van der Waals surface area contributed by atoms with Crippen molar-refractivity contribution in [3.05, 3.63) is 35.7 Å². The molecule has 0 radical (unpaired) electrons. The molecular formula is C22H29N7O3S. The number of pyridine rings is 2. The van der Waals surface area contributed by atoms with Gasteiger partial charge in [0.2, 0.25) is 10.0 Å². The van der Waals surface area contributed by atoms with Gasteiger partial charge in [-0.25, -0.2) is 13.4 Å². The van der Waals surface area contributed by atoms with E-state index in [1.54, 1.807) is 4.31 Å². The summed E-state index contributed by atoms with van der Waals surface area (Å²) in [5.41, 5.74) is 8.88. The van der Waals surface area contributed by atoms with E-state index < -0.39 is 10.0 Å². The molecule has 2 saturated heterocycles. The molecule has 0 saturated carbocycles. The molecule has 0 aromatic carbocycles. The Bertz CT molecular complexity index is 1260. The van der Waals surface area contributed by atoms with Crippen LogP contribution in [0.5, 0.6) is 0 Å². The molecule has 2 bridgehead atoms. The summed E-state index contributed by atoms with van der Waals surface area (Å²) in [6.45, 7) is 2.15. The number of sulfonamides is 1. The topological polar surface area (TPSA) is 139 Å². The number of nitrogens with one attached hydrogen (secondary N) is 2. The number of methoxy groups -OCH3 is 1. The lowest BCUT2D eigenvalue weighted by Gasteiger charge is -2.37. The first-order chi connectivity index (χ1) is 15.8. The minimum atomic E-state index is -3.31. The zero-order valence-corrected chi connectivity index (χ0v) is 19.6. The number of hydrogen-bond donors (Lipinski definition) is 3. The van der Waals surface area contributed by atoms with Crippen molar-refractivity contribution in [1.82, 2.24) is 24.5 Å². The molecule has 1 unspecified atom stereocenters. The number of ether oxygens (including phenoxy) is 1. The van der Waals surface area contributed by atoms with Gasteiger partial charge < -0.3 is 15.8 Å². The predicted octanol–water partition coefficient (Wildman–Crippen LogP) is 2.67. The molecule has 3 aromatic rings. The van der Waals surface area contributed by atoms with Crippen LogP contribution in [0.25, 0.3) is 10.9 Å². The standard InChI is InChI=1S/C22H29N7O3S/c1-13-9-21(28-27-13)25-20-12-19-17(22(23)26-20)5-6-18(24-19)14-10-15-3-4-16(11-14)29(15)33(30,31)8-7-32-2/h5-6,9,12,14-16H,3-4,7-8,10-11H2,1-2H3,(H4,23,25,26,27,28)/t14?,15-,16+. The summed E-state index contributed by atoms with van der Waals surface area (Å²) in [6.07, 6.45) is 3.35. The first-order valence-corrected chi connectivity index (χ1v) is 12.8. The average molecular weight is 472 g/mol. The van der Waals surface area contributed by atoms with Gasteiger partial charge in [-0.15, -0.1) is 0 Å². The quantitative estimate of drug-likeness (QED) is 0.478. The Balaban J connectivity index is 1.39. The zero-order chi connectivity index (χ0) is 23.2. The Labute approximate surface area is 193 Å². The van der Waals surface area contributed by atoms with Gasteiger partial charge in [-0.3, -0.25) is 10.1 Å². The smallest absolute Gasteiger partial charge is 0.216 e. The van der Waals surface area contributed by atoms with E-state index in [1.807, 2.05) is 31.2 Å². The second-order valence-corrected chi connectivity index (χ2v) is 10.9. The molecule has 10 nitrogen and oxygen atoms in total. The third-order valence-electron chi connectivity index (χ3n) is 6.65. The molecule has 2 fully saturated rings. The van der Waals surface area contributed by atoms with Gasteiger partial charge in [-0.05, 0) is 44.7 Å². The molecule has 2 aliphatic heterocycles. The SMILES string of the molecule is COCCS(=O)(=O)N1[C@@H]2CC[C@H]1CC(c1ccc3c(N)nc(Nc4cc(C)[nH]n4)cc3n1)C2. The van der Waals surface area contributed by atoms with Crippen molar-refractivity contribution in [3.8, 4) is 0 Å². The Kier molecular flexibility index (Phi) is 5.71. The number of nitrogens with zero attached hydrogens (tertiary/aromatic N) is 4. The lowest BCUT2D eigenvalue weighted by Crippen LogP contribution is -2.47. The molecule has 0 spiro atoms. The number of rotatable bonds is 7. The van der Waals surface area contributed by atoms with Crippen LogP contribution in [-0.2, 0) is 14.8 Å². The van der Waals surface area contributed by atoms with Crippen LogP contribution in [-0.4, -0.2) is 64.4 Å². The summed E-state index contributed by atoms with van der Waals surface area (Å²) >= 11 is 0. The second-order valence-electron chi connectivity index (χ2n) is 8.95. The number of aromatic amines is 1. The Morgan fingerprint density at radius 3 is 2.61 bits per heavy atom. The molecular weight excluding hydrogens is 442 g/mol. The number of anilines is 3. The summed E-state index contributed by atoms with van der Waals surface area (Å²) < 4.78 is 32.4. The summed E-state index contributed by atoms with van der Waals surface area (Å²) in [4.78, 5) is 9.36. The second kappa shape index (κ2) is 8.54. The molecule has 3 aromatic heterocycles. The maximum Gasteiger partial charge on any atom is 0.216 e. The number of piperidine rings is 1. The van der Waals surface area contributed by atoms with Crippen LogP contribution in [0, 0.1) is 6.92 Å². The van der Waals surface area contributed by atoms with Crippen molar-refractivity contribution in [2.45, 2.75) is 50.6 Å². The van der Waals surface area contributed by atoms with Crippen LogP contribution in [0.1, 0.15) is 43.0 Å². The third-order valence-corrected chi connectivity index (χ3v) is 8.57. The Morgan fingerprint density at radius 1 is 1.18 bits per heavy atom. The van der Waals surface area contributed by atoms with E-state index in [4.69, 9.17) is 15.5 Å². The fourth-order valence-corrected chi connectivity index (χ4v) is 7.08. The van der Waals surface area contributed by atoms with E-state index in [0.717, 1.165) is 48.0 Å². The van der Waals surface area contributed by atoms with Gasteiger partial charge in [-0.1, -0.05) is 0 Å². The summed E-state index contributed by atoms with van der Waals surface area (Å²) in [5, 5.41) is 11.0. The normalized spacial score (nSPS) is 23.3. The van der Waals surface area contributed by atoms with Crippen molar-refractivity contribution in [1.29, 1.82) is 0 Å². The molecule has 0 aliphatic carbocycles. The van der Waals surface area contributed by atoms with Gasteiger partial charge >= 0.3 is 0 Å². The fraction of sp³-hybridized carbons (Fsp3) is 0.500. The average Bonchev–Trinajstić information content (AvgIpc) is 3.31. The van der Waals surface area contributed by atoms with Crippen LogP contribution in [0.4, 0.5) is 17.5 Å². The first kappa shape index (κ1) is 22.1. The van der Waals surface area contributed by atoms with Crippen LogP contribution < -0.4 is 11.1 Å². The highest BCUT2D eigenvalue weighted by molar-refractivity contribution is 7.89. The van der Waals surface area contributed by atoms with Gasteiger partial charge in [0.05, 0.1) is 17.9 Å². The summed E-state index contributed by atoms with van der Waals surface area (Å²) in [7, 11) is -1.79. The van der Waals surface area contributed by atoms with Gasteiger partial charge in [-0.2, -0.15) is 9.40 Å². The highest BCUT2D eigenvalue weighted by Crippen LogP contribution is 2.44. The van der Waals surface area contributed by atoms with Gasteiger partial charge in [0, 0.05) is 54.0 Å². The monoisotopic (exact) mass is 471 g/mol.